The number of hydrogen-bond donors (Lipinski definition) is 0. The second-order valence-corrected chi connectivity index (χ2v) is 12.6. The lowest BCUT2D eigenvalue weighted by Crippen LogP contribution is -2.63. The zero-order chi connectivity index (χ0) is 24.1. The van der Waals surface area contributed by atoms with Crippen molar-refractivity contribution >= 4 is 52.0 Å². The molecule has 0 bridgehead atoms. The average Bonchev–Trinajstić information content (AvgIpc) is 3.67. The highest BCUT2D eigenvalue weighted by molar-refractivity contribution is 7.99. The van der Waals surface area contributed by atoms with Gasteiger partial charge in [-0.05, 0) is 48.1 Å². The van der Waals surface area contributed by atoms with Crippen molar-refractivity contribution in [3.63, 3.8) is 0 Å². The molecule has 0 aliphatic carbocycles. The Balaban J connectivity index is 1.51. The van der Waals surface area contributed by atoms with Crippen LogP contribution in [0.1, 0.15) is 20.6 Å². The molecule has 36 heavy (non-hydrogen) atoms. The lowest BCUT2D eigenvalue weighted by Gasteiger charge is -2.49. The van der Waals surface area contributed by atoms with Crippen LogP contribution >= 0.6 is 34.4 Å². The minimum Gasteiger partial charge on any atom is -0.359 e. The molecule has 0 saturated carbocycles. The van der Waals surface area contributed by atoms with Crippen molar-refractivity contribution in [2.24, 2.45) is 11.1 Å². The lowest BCUT2D eigenvalue weighted by molar-refractivity contribution is -0.0593. The maximum absolute atomic E-state index is 6.81. The molecule has 180 valence electrons. The third-order valence-corrected chi connectivity index (χ3v) is 10.5. The summed E-state index contributed by atoms with van der Waals surface area (Å²) in [4.78, 5) is 15.5. The molecule has 3 aliphatic heterocycles. The van der Waals surface area contributed by atoms with E-state index in [9.17, 15) is 0 Å². The Labute approximate surface area is 223 Å². The van der Waals surface area contributed by atoms with Gasteiger partial charge in [0.15, 0.2) is 5.84 Å². The average molecular weight is 528 g/mol. The van der Waals surface area contributed by atoms with E-state index >= 15 is 0 Å². The molecule has 0 radical (unpaired) electrons. The number of thiophene rings is 2. The van der Waals surface area contributed by atoms with Gasteiger partial charge < -0.3 is 9.74 Å². The van der Waals surface area contributed by atoms with E-state index in [2.05, 4.69) is 113 Å². The van der Waals surface area contributed by atoms with E-state index in [1.807, 2.05) is 23.1 Å². The topological polar surface area (TPSA) is 28.1 Å². The summed E-state index contributed by atoms with van der Waals surface area (Å²) in [5.74, 6) is 1.03. The fourth-order valence-corrected chi connectivity index (χ4v) is 8.78. The van der Waals surface area contributed by atoms with Crippen LogP contribution in [-0.4, -0.2) is 36.6 Å². The number of anilines is 1. The number of likely N-dealkylation sites (N-methyl/N-ethyl adjacent to an activating group) is 1. The van der Waals surface area contributed by atoms with Gasteiger partial charge in [0.05, 0.1) is 16.9 Å². The number of nitrogens with zero attached hydrogens (tertiary/aromatic N) is 3. The van der Waals surface area contributed by atoms with Crippen molar-refractivity contribution in [2.45, 2.75) is 15.9 Å². The number of thioether (sulfide) groups is 1. The fraction of sp³-hybridized carbons (Fsp3) is 0.207. The van der Waals surface area contributed by atoms with E-state index in [4.69, 9.17) is 9.99 Å². The van der Waals surface area contributed by atoms with Crippen LogP contribution < -0.4 is 4.90 Å². The molecule has 4 aromatic rings. The molecule has 0 amide bonds. The van der Waals surface area contributed by atoms with Gasteiger partial charge in [0.1, 0.15) is 0 Å². The molecule has 2 aromatic carbocycles. The Morgan fingerprint density at radius 2 is 1.75 bits per heavy atom. The van der Waals surface area contributed by atoms with Crippen LogP contribution in [0.25, 0.3) is 6.08 Å². The van der Waals surface area contributed by atoms with E-state index in [1.54, 1.807) is 11.3 Å². The van der Waals surface area contributed by atoms with E-state index in [1.165, 1.54) is 20.2 Å². The molecule has 5 heterocycles. The van der Waals surface area contributed by atoms with Crippen LogP contribution in [0, 0.1) is 5.92 Å². The first-order chi connectivity index (χ1) is 17.7. The summed E-state index contributed by atoms with van der Waals surface area (Å²) in [6.07, 6.45) is 2.34. The van der Waals surface area contributed by atoms with Crippen LogP contribution in [0.5, 0.6) is 0 Å². The molecule has 3 atom stereocenters. The molecule has 7 rings (SSSR count). The largest absolute Gasteiger partial charge is 0.359 e. The van der Waals surface area contributed by atoms with Crippen LogP contribution in [0.2, 0.25) is 0 Å². The molecule has 1 saturated heterocycles. The molecule has 1 spiro atoms. The van der Waals surface area contributed by atoms with E-state index in [-0.39, 0.29) is 11.2 Å². The number of benzene rings is 2. The molecule has 1 fully saturated rings. The molecule has 7 heteroatoms. The van der Waals surface area contributed by atoms with Gasteiger partial charge in [-0.15, -0.1) is 34.4 Å². The summed E-state index contributed by atoms with van der Waals surface area (Å²) >= 11 is 5.57. The van der Waals surface area contributed by atoms with Crippen molar-refractivity contribution in [1.29, 1.82) is 0 Å². The monoisotopic (exact) mass is 527 g/mol. The minimum absolute atomic E-state index is 0.156. The number of fused-ring (bicyclic) bond motifs is 2. The molecular weight excluding hydrogens is 503 g/mol. The predicted molar refractivity (Wildman–Crippen MR) is 152 cm³/mol. The number of hydrogen-bond acceptors (Lipinski definition) is 7. The summed E-state index contributed by atoms with van der Waals surface area (Å²) in [6, 6.07) is 28.0. The number of likely N-dealkylation sites (tertiary alicyclic amines) is 1. The fourth-order valence-electron chi connectivity index (χ4n) is 5.68. The van der Waals surface area contributed by atoms with E-state index in [0.29, 0.717) is 0 Å². The third kappa shape index (κ3) is 3.49. The van der Waals surface area contributed by atoms with Gasteiger partial charge in [-0.2, -0.15) is 0 Å². The van der Waals surface area contributed by atoms with Crippen molar-refractivity contribution in [3.05, 3.63) is 111 Å². The van der Waals surface area contributed by atoms with Gasteiger partial charge in [-0.3, -0.25) is 4.90 Å². The first-order valence-corrected chi connectivity index (χ1v) is 14.7. The second-order valence-electron chi connectivity index (χ2n) is 9.41. The van der Waals surface area contributed by atoms with Crippen LogP contribution in [0.15, 0.2) is 105 Å². The number of oxime groups is 1. The van der Waals surface area contributed by atoms with Crippen molar-refractivity contribution < 1.29 is 4.84 Å². The Morgan fingerprint density at radius 3 is 2.56 bits per heavy atom. The normalized spacial score (nSPS) is 26.5. The summed E-state index contributed by atoms with van der Waals surface area (Å²) in [5.41, 5.74) is 2.76. The molecule has 0 N–H and O–H groups in total. The molecule has 2 aromatic heterocycles. The second kappa shape index (κ2) is 8.92. The van der Waals surface area contributed by atoms with Gasteiger partial charge in [-0.25, -0.2) is 0 Å². The van der Waals surface area contributed by atoms with Gasteiger partial charge >= 0.3 is 0 Å². The third-order valence-electron chi connectivity index (χ3n) is 7.17. The molecular formula is C29H25N3OS3. The van der Waals surface area contributed by atoms with Crippen molar-refractivity contribution in [3.8, 4) is 0 Å². The first kappa shape index (κ1) is 22.4. The highest BCUT2D eigenvalue weighted by Crippen LogP contribution is 2.59. The summed E-state index contributed by atoms with van der Waals surface area (Å²) in [6.45, 7) is 1.74. The lowest BCUT2D eigenvalue weighted by atomic mass is 9.79. The van der Waals surface area contributed by atoms with Gasteiger partial charge in [-0.1, -0.05) is 59.8 Å². The molecule has 3 aliphatic rings. The summed E-state index contributed by atoms with van der Waals surface area (Å²) < 4.78 is 0. The Hall–Kier alpha value is -2.84. The van der Waals surface area contributed by atoms with E-state index in [0.717, 1.165) is 30.2 Å². The van der Waals surface area contributed by atoms with E-state index < -0.39 is 5.72 Å². The van der Waals surface area contributed by atoms with Crippen LogP contribution in [0.4, 0.5) is 5.69 Å². The molecule has 4 nitrogen and oxygen atoms in total. The molecule has 0 unspecified atom stereocenters. The van der Waals surface area contributed by atoms with Crippen molar-refractivity contribution in [2.75, 3.05) is 25.0 Å². The zero-order valence-electron chi connectivity index (χ0n) is 19.8. The smallest absolute Gasteiger partial charge is 0.244 e. The number of para-hydroxylation sites is 1. The quantitative estimate of drug-likeness (QED) is 0.282. The summed E-state index contributed by atoms with van der Waals surface area (Å²) in [5, 5.41) is 9.43. The van der Waals surface area contributed by atoms with Gasteiger partial charge in [0, 0.05) is 38.9 Å². The van der Waals surface area contributed by atoms with Gasteiger partial charge in [0.2, 0.25) is 5.72 Å². The minimum atomic E-state index is -0.712. The Kier molecular flexibility index (Phi) is 5.54. The van der Waals surface area contributed by atoms with Crippen LogP contribution in [0.3, 0.4) is 0 Å². The van der Waals surface area contributed by atoms with Crippen LogP contribution in [-0.2, 0) is 4.84 Å². The maximum atomic E-state index is 6.81. The van der Waals surface area contributed by atoms with Gasteiger partial charge in [0.25, 0.3) is 0 Å². The number of piperidine rings is 1. The zero-order valence-corrected chi connectivity index (χ0v) is 22.2. The predicted octanol–water partition coefficient (Wildman–Crippen LogP) is 7.20. The maximum Gasteiger partial charge on any atom is 0.244 e. The number of amidine groups is 1. The number of rotatable bonds is 3. The Bertz CT molecular complexity index is 1430. The summed E-state index contributed by atoms with van der Waals surface area (Å²) in [7, 11) is 2.22. The standard InChI is InChI=1S/C29H25N3OS3/c1-31-18-21(17-22-11-7-15-34-22)29-23(19-31)27(26-14-8-16-35-26)36-25-13-6-5-12-24(25)32(29)28(30-33-29)20-9-3-2-4-10-20/h2-17,23,27H,18-19H2,1H3/t23-,27+,29+/m0/s1. The highest BCUT2D eigenvalue weighted by Gasteiger charge is 2.62. The van der Waals surface area contributed by atoms with Crippen molar-refractivity contribution in [1.82, 2.24) is 4.90 Å². The highest BCUT2D eigenvalue weighted by atomic mass is 32.2. The first-order valence-electron chi connectivity index (χ1n) is 12.1. The Morgan fingerprint density at radius 1 is 0.944 bits per heavy atom. The SMILES string of the molecule is CN1CC(=Cc2cccs2)[C@]23ON=C(c4ccccc4)N2c2ccccc2S[C@@H](c2cccs2)[C@@H]3C1.